The zero-order chi connectivity index (χ0) is 12.2. The van der Waals surface area contributed by atoms with E-state index < -0.39 is 0 Å². The first-order valence-corrected chi connectivity index (χ1v) is 5.99. The predicted octanol–water partition coefficient (Wildman–Crippen LogP) is 2.60. The number of hydrogen-bond donors (Lipinski definition) is 2. The molecule has 0 aliphatic carbocycles. The average molecular weight is 242 g/mol. The number of oxazole rings is 1. The molecule has 0 amide bonds. The molecule has 0 aliphatic rings. The van der Waals surface area contributed by atoms with Gasteiger partial charge in [-0.25, -0.2) is 4.98 Å². The molecule has 0 spiro atoms. The van der Waals surface area contributed by atoms with Crippen molar-refractivity contribution >= 4 is 17.1 Å². The van der Waals surface area contributed by atoms with E-state index >= 15 is 0 Å². The smallest absolute Gasteiger partial charge is 0.295 e. The summed E-state index contributed by atoms with van der Waals surface area (Å²) >= 11 is 0. The van der Waals surface area contributed by atoms with Crippen LogP contribution in [0, 0.1) is 0 Å². The van der Waals surface area contributed by atoms with Crippen LogP contribution in [-0.2, 0) is 6.42 Å². The van der Waals surface area contributed by atoms with Crippen molar-refractivity contribution < 1.29 is 4.42 Å². The van der Waals surface area contributed by atoms with Gasteiger partial charge in [0.15, 0.2) is 5.58 Å². The molecule has 92 valence electrons. The molecule has 5 heteroatoms. The van der Waals surface area contributed by atoms with Crippen molar-refractivity contribution in [2.45, 2.75) is 12.8 Å². The number of para-hydroxylation sites is 2. The molecule has 2 aromatic heterocycles. The van der Waals surface area contributed by atoms with E-state index in [0.717, 1.165) is 36.3 Å². The van der Waals surface area contributed by atoms with E-state index in [2.05, 4.69) is 20.3 Å². The third-order valence-corrected chi connectivity index (χ3v) is 2.72. The summed E-state index contributed by atoms with van der Waals surface area (Å²) in [6.07, 6.45) is 5.50. The van der Waals surface area contributed by atoms with Crippen LogP contribution in [0.15, 0.2) is 41.1 Å². The lowest BCUT2D eigenvalue weighted by atomic mass is 10.3. The SMILES string of the molecule is c1ccc2oc(NCCCc3ncc[nH]3)nc2c1. The Hall–Kier alpha value is -2.30. The van der Waals surface area contributed by atoms with E-state index in [1.807, 2.05) is 30.5 Å². The third-order valence-electron chi connectivity index (χ3n) is 2.72. The number of anilines is 1. The van der Waals surface area contributed by atoms with E-state index in [1.54, 1.807) is 6.20 Å². The normalized spacial score (nSPS) is 10.9. The number of hydrogen-bond acceptors (Lipinski definition) is 4. The molecule has 3 aromatic rings. The highest BCUT2D eigenvalue weighted by Crippen LogP contribution is 2.17. The molecule has 0 radical (unpaired) electrons. The molecule has 0 fully saturated rings. The number of fused-ring (bicyclic) bond motifs is 1. The fraction of sp³-hybridized carbons (Fsp3) is 0.231. The van der Waals surface area contributed by atoms with Gasteiger partial charge in [-0.15, -0.1) is 0 Å². The molecule has 2 N–H and O–H groups in total. The van der Waals surface area contributed by atoms with E-state index in [4.69, 9.17) is 4.42 Å². The van der Waals surface area contributed by atoms with Gasteiger partial charge in [-0.05, 0) is 18.6 Å². The lowest BCUT2D eigenvalue weighted by molar-refractivity contribution is 0.611. The van der Waals surface area contributed by atoms with Crippen LogP contribution >= 0.6 is 0 Å². The maximum absolute atomic E-state index is 5.56. The number of rotatable bonds is 5. The first-order valence-electron chi connectivity index (χ1n) is 5.99. The number of aromatic amines is 1. The van der Waals surface area contributed by atoms with Crippen LogP contribution in [-0.4, -0.2) is 21.5 Å². The highest BCUT2D eigenvalue weighted by Gasteiger charge is 2.03. The van der Waals surface area contributed by atoms with Crippen molar-refractivity contribution in [3.05, 3.63) is 42.5 Å². The summed E-state index contributed by atoms with van der Waals surface area (Å²) in [5.41, 5.74) is 1.69. The lowest BCUT2D eigenvalue weighted by Crippen LogP contribution is -2.03. The minimum atomic E-state index is 0.579. The van der Waals surface area contributed by atoms with Gasteiger partial charge in [-0.3, -0.25) is 0 Å². The van der Waals surface area contributed by atoms with Gasteiger partial charge in [-0.1, -0.05) is 12.1 Å². The zero-order valence-corrected chi connectivity index (χ0v) is 9.89. The Morgan fingerprint density at radius 3 is 3.06 bits per heavy atom. The van der Waals surface area contributed by atoms with Crippen LogP contribution in [0.1, 0.15) is 12.2 Å². The fourth-order valence-corrected chi connectivity index (χ4v) is 1.83. The Morgan fingerprint density at radius 1 is 1.28 bits per heavy atom. The van der Waals surface area contributed by atoms with Crippen LogP contribution < -0.4 is 5.32 Å². The molecular weight excluding hydrogens is 228 g/mol. The molecule has 0 saturated heterocycles. The van der Waals surface area contributed by atoms with Crippen molar-refractivity contribution in [2.24, 2.45) is 0 Å². The van der Waals surface area contributed by atoms with Gasteiger partial charge in [0.25, 0.3) is 6.01 Å². The van der Waals surface area contributed by atoms with Gasteiger partial charge in [0.2, 0.25) is 0 Å². The minimum Gasteiger partial charge on any atom is -0.424 e. The van der Waals surface area contributed by atoms with Crippen LogP contribution in [0.4, 0.5) is 6.01 Å². The molecule has 0 unspecified atom stereocenters. The number of aromatic nitrogens is 3. The van der Waals surface area contributed by atoms with Crippen molar-refractivity contribution in [1.82, 2.24) is 15.0 Å². The maximum atomic E-state index is 5.56. The van der Waals surface area contributed by atoms with Gasteiger partial charge in [0.05, 0.1) is 0 Å². The second-order valence-corrected chi connectivity index (χ2v) is 4.05. The quantitative estimate of drug-likeness (QED) is 0.675. The van der Waals surface area contributed by atoms with Crippen molar-refractivity contribution in [3.63, 3.8) is 0 Å². The predicted molar refractivity (Wildman–Crippen MR) is 69.4 cm³/mol. The Morgan fingerprint density at radius 2 is 2.22 bits per heavy atom. The van der Waals surface area contributed by atoms with Crippen molar-refractivity contribution in [3.8, 4) is 0 Å². The van der Waals surface area contributed by atoms with E-state index in [-0.39, 0.29) is 0 Å². The van der Waals surface area contributed by atoms with Crippen molar-refractivity contribution in [1.29, 1.82) is 0 Å². The molecule has 0 atom stereocenters. The number of nitrogens with one attached hydrogen (secondary N) is 2. The number of H-pyrrole nitrogens is 1. The Labute approximate surface area is 104 Å². The molecule has 0 aliphatic heterocycles. The van der Waals surface area contributed by atoms with Gasteiger partial charge in [0, 0.05) is 25.4 Å². The molecule has 0 bridgehead atoms. The summed E-state index contributed by atoms with van der Waals surface area (Å²) in [7, 11) is 0. The number of aryl methyl sites for hydroxylation is 1. The Balaban J connectivity index is 1.53. The largest absolute Gasteiger partial charge is 0.424 e. The van der Waals surface area contributed by atoms with Gasteiger partial charge < -0.3 is 14.7 Å². The lowest BCUT2D eigenvalue weighted by Gasteiger charge is -1.99. The standard InChI is InChI=1S/C13H14N4O/c1-2-5-11-10(4-1)17-13(18-11)16-7-3-6-12-14-8-9-15-12/h1-2,4-5,8-9H,3,6-7H2,(H,14,15)(H,16,17). The summed E-state index contributed by atoms with van der Waals surface area (Å²) in [5, 5.41) is 3.18. The van der Waals surface area contributed by atoms with E-state index in [0.29, 0.717) is 6.01 Å². The highest BCUT2D eigenvalue weighted by molar-refractivity contribution is 5.74. The fourth-order valence-electron chi connectivity index (χ4n) is 1.83. The first-order chi connectivity index (χ1) is 8.92. The number of benzene rings is 1. The van der Waals surface area contributed by atoms with Crippen molar-refractivity contribution in [2.75, 3.05) is 11.9 Å². The number of imidazole rings is 1. The summed E-state index contributed by atoms with van der Waals surface area (Å²) < 4.78 is 5.56. The Bertz CT molecular complexity index is 582. The molecule has 18 heavy (non-hydrogen) atoms. The van der Waals surface area contributed by atoms with E-state index in [9.17, 15) is 0 Å². The van der Waals surface area contributed by atoms with Crippen LogP contribution in [0.3, 0.4) is 0 Å². The number of nitrogens with zero attached hydrogens (tertiary/aromatic N) is 2. The topological polar surface area (TPSA) is 66.7 Å². The first kappa shape index (κ1) is 10.8. The van der Waals surface area contributed by atoms with Crippen LogP contribution in [0.25, 0.3) is 11.1 Å². The Kier molecular flexibility index (Phi) is 2.96. The maximum Gasteiger partial charge on any atom is 0.295 e. The summed E-state index contributed by atoms with van der Waals surface area (Å²) in [4.78, 5) is 11.6. The second-order valence-electron chi connectivity index (χ2n) is 4.05. The minimum absolute atomic E-state index is 0.579. The summed E-state index contributed by atoms with van der Waals surface area (Å²) in [6, 6.07) is 8.32. The van der Waals surface area contributed by atoms with E-state index in [1.165, 1.54) is 0 Å². The second kappa shape index (κ2) is 4.91. The van der Waals surface area contributed by atoms with Gasteiger partial charge >= 0.3 is 0 Å². The highest BCUT2D eigenvalue weighted by atomic mass is 16.4. The molecule has 5 nitrogen and oxygen atoms in total. The summed E-state index contributed by atoms with van der Waals surface area (Å²) in [5.74, 6) is 1.01. The molecular formula is C13H14N4O. The monoisotopic (exact) mass is 242 g/mol. The zero-order valence-electron chi connectivity index (χ0n) is 9.89. The molecule has 1 aromatic carbocycles. The van der Waals surface area contributed by atoms with Gasteiger partial charge in [0.1, 0.15) is 11.3 Å². The van der Waals surface area contributed by atoms with Crippen LogP contribution in [0.5, 0.6) is 0 Å². The third kappa shape index (κ3) is 2.34. The average Bonchev–Trinajstić information content (AvgIpc) is 3.03. The molecule has 3 rings (SSSR count). The van der Waals surface area contributed by atoms with Crippen LogP contribution in [0.2, 0.25) is 0 Å². The summed E-state index contributed by atoms with van der Waals surface area (Å²) in [6.45, 7) is 0.813. The molecule has 2 heterocycles. The molecule has 0 saturated carbocycles. The van der Waals surface area contributed by atoms with Gasteiger partial charge in [-0.2, -0.15) is 4.98 Å².